The predicted molar refractivity (Wildman–Crippen MR) is 231 cm³/mol. The van der Waals surface area contributed by atoms with Crippen LogP contribution in [0.1, 0.15) is 0 Å². The summed E-state index contributed by atoms with van der Waals surface area (Å²) in [5.41, 5.74) is 9.44. The minimum absolute atomic E-state index is 0.867. The van der Waals surface area contributed by atoms with Crippen molar-refractivity contribution in [2.75, 3.05) is 4.90 Å². The maximum absolute atomic E-state index is 6.53. The van der Waals surface area contributed by atoms with E-state index in [0.717, 1.165) is 66.0 Å². The molecule has 256 valence electrons. The quantitative estimate of drug-likeness (QED) is 0.173. The molecule has 54 heavy (non-hydrogen) atoms. The van der Waals surface area contributed by atoms with E-state index in [1.165, 1.54) is 27.3 Å². The number of anilines is 3. The summed E-state index contributed by atoms with van der Waals surface area (Å²) in [7, 11) is 0. The second-order valence-corrected chi connectivity index (χ2v) is 13.5. The molecule has 0 bridgehead atoms. The first-order valence-electron chi connectivity index (χ1n) is 18.2. The highest BCUT2D eigenvalue weighted by Gasteiger charge is 2.20. The lowest BCUT2D eigenvalue weighted by Gasteiger charge is -2.28. The van der Waals surface area contributed by atoms with Crippen molar-refractivity contribution >= 4 is 73.2 Å². The van der Waals surface area contributed by atoms with Gasteiger partial charge in [0, 0.05) is 27.7 Å². The van der Waals surface area contributed by atoms with Crippen molar-refractivity contribution in [3.8, 4) is 22.3 Å². The molecule has 0 radical (unpaired) electrons. The number of furan rings is 1. The number of fused-ring (bicyclic) bond motifs is 5. The van der Waals surface area contributed by atoms with Gasteiger partial charge in [0.15, 0.2) is 0 Å². The number of allylic oxidation sites excluding steroid dienone is 1. The summed E-state index contributed by atoms with van der Waals surface area (Å²) in [4.78, 5) is 2.35. The zero-order valence-corrected chi connectivity index (χ0v) is 29.8. The molecule has 0 spiro atoms. The Bertz CT molecular complexity index is 3040. The predicted octanol–water partition coefficient (Wildman–Crippen LogP) is 13.2. The maximum atomic E-state index is 6.53. The zero-order chi connectivity index (χ0) is 36.4. The molecule has 0 saturated heterocycles. The van der Waals surface area contributed by atoms with Gasteiger partial charge in [-0.25, -0.2) is 0 Å². The summed E-state index contributed by atoms with van der Waals surface area (Å²) >= 11 is 0. The number of para-hydroxylation sites is 1. The molecule has 0 unspecified atom stereocenters. The van der Waals surface area contributed by atoms with Gasteiger partial charge in [0.1, 0.15) is 11.2 Å². The molecule has 9 aromatic rings. The molecule has 0 N–H and O–H groups in total. The van der Waals surface area contributed by atoms with Crippen LogP contribution < -0.4 is 15.3 Å². The fourth-order valence-electron chi connectivity index (χ4n) is 7.60. The fraction of sp³-hybridized carbons (Fsp3) is 0. The molecule has 9 rings (SSSR count). The van der Waals surface area contributed by atoms with Crippen LogP contribution in [-0.4, -0.2) is 0 Å². The van der Waals surface area contributed by atoms with E-state index >= 15 is 0 Å². The van der Waals surface area contributed by atoms with Crippen LogP contribution >= 0.6 is 0 Å². The van der Waals surface area contributed by atoms with Gasteiger partial charge in [-0.3, -0.25) is 0 Å². The smallest absolute Gasteiger partial charge is 0.136 e. The fourth-order valence-corrected chi connectivity index (χ4v) is 7.60. The van der Waals surface area contributed by atoms with Gasteiger partial charge in [-0.15, -0.1) is 0 Å². The van der Waals surface area contributed by atoms with Crippen LogP contribution in [0.5, 0.6) is 0 Å². The Balaban J connectivity index is 1.28. The van der Waals surface area contributed by atoms with Gasteiger partial charge in [-0.1, -0.05) is 165 Å². The largest absolute Gasteiger partial charge is 0.456 e. The lowest BCUT2D eigenvalue weighted by Crippen LogP contribution is -2.19. The van der Waals surface area contributed by atoms with Crippen LogP contribution in [-0.2, 0) is 0 Å². The first kappa shape index (κ1) is 32.7. The highest BCUT2D eigenvalue weighted by atomic mass is 16.3. The molecule has 2 nitrogen and oxygen atoms in total. The van der Waals surface area contributed by atoms with Crippen LogP contribution in [0.25, 0.3) is 78.4 Å². The molecule has 0 atom stereocenters. The molecule has 8 aromatic carbocycles. The van der Waals surface area contributed by atoms with E-state index in [-0.39, 0.29) is 0 Å². The van der Waals surface area contributed by atoms with Gasteiger partial charge in [0.25, 0.3) is 0 Å². The van der Waals surface area contributed by atoms with Gasteiger partial charge in [0.05, 0.1) is 5.69 Å². The third-order valence-electron chi connectivity index (χ3n) is 10.2. The van der Waals surface area contributed by atoms with E-state index < -0.39 is 0 Å². The van der Waals surface area contributed by atoms with E-state index in [4.69, 9.17) is 4.42 Å². The van der Waals surface area contributed by atoms with Gasteiger partial charge in [-0.2, -0.15) is 0 Å². The van der Waals surface area contributed by atoms with Crippen LogP contribution in [0, 0.1) is 0 Å². The first-order chi connectivity index (χ1) is 26.7. The maximum Gasteiger partial charge on any atom is 0.136 e. The van der Waals surface area contributed by atoms with Crippen molar-refractivity contribution in [1.82, 2.24) is 0 Å². The second kappa shape index (κ2) is 14.1. The SMILES string of the molecule is C=C/C=c1/cccc(N(c2ccc(-c3cccc4ccccc34)cc2)c2ccccc2-c2cccc3oc4cc5ccccc5cc4c23)ccccc1=C. The molecule has 2 heteroatoms. The third-order valence-corrected chi connectivity index (χ3v) is 10.2. The van der Waals surface area contributed by atoms with Gasteiger partial charge in [-0.05, 0) is 97.2 Å². The Morgan fingerprint density at radius 3 is 1.93 bits per heavy atom. The number of hydrogen-bond acceptors (Lipinski definition) is 2. The summed E-state index contributed by atoms with van der Waals surface area (Å²) in [6, 6.07) is 66.6. The van der Waals surface area contributed by atoms with Crippen molar-refractivity contribution in [3.05, 3.63) is 211 Å². The summed E-state index contributed by atoms with van der Waals surface area (Å²) in [5, 5.41) is 8.96. The van der Waals surface area contributed by atoms with E-state index in [9.17, 15) is 0 Å². The summed E-state index contributed by atoms with van der Waals surface area (Å²) in [6.07, 6.45) is 3.79. The summed E-state index contributed by atoms with van der Waals surface area (Å²) < 4.78 is 6.53. The van der Waals surface area contributed by atoms with Crippen LogP contribution in [0.4, 0.5) is 17.1 Å². The molecular weight excluding hydrogens is 655 g/mol. The van der Waals surface area contributed by atoms with Crippen LogP contribution in [0.2, 0.25) is 0 Å². The molecule has 0 amide bonds. The Labute approximate surface area is 314 Å². The van der Waals surface area contributed by atoms with E-state index in [1.54, 1.807) is 6.08 Å². The van der Waals surface area contributed by atoms with Crippen molar-refractivity contribution in [2.24, 2.45) is 0 Å². The second-order valence-electron chi connectivity index (χ2n) is 13.5. The van der Waals surface area contributed by atoms with Crippen molar-refractivity contribution in [3.63, 3.8) is 0 Å². The third kappa shape index (κ3) is 6.00. The lowest BCUT2D eigenvalue weighted by atomic mass is 9.95. The van der Waals surface area contributed by atoms with Gasteiger partial charge in [0.2, 0.25) is 0 Å². The van der Waals surface area contributed by atoms with Crippen LogP contribution in [0.3, 0.4) is 0 Å². The first-order valence-corrected chi connectivity index (χ1v) is 18.2. The summed E-state index contributed by atoms with van der Waals surface area (Å²) in [5.74, 6) is 0. The molecule has 0 fully saturated rings. The van der Waals surface area contributed by atoms with E-state index in [1.807, 2.05) is 18.2 Å². The normalized spacial score (nSPS) is 11.6. The highest BCUT2D eigenvalue weighted by molar-refractivity contribution is 6.16. The Kier molecular flexibility index (Phi) is 8.55. The average Bonchev–Trinajstić information content (AvgIpc) is 3.58. The lowest BCUT2D eigenvalue weighted by molar-refractivity contribution is 0.669. The van der Waals surface area contributed by atoms with E-state index in [0.29, 0.717) is 0 Å². The van der Waals surface area contributed by atoms with E-state index in [2.05, 4.69) is 194 Å². The Morgan fingerprint density at radius 1 is 0.463 bits per heavy atom. The average molecular weight is 692 g/mol. The molecule has 0 saturated carbocycles. The minimum atomic E-state index is 0.867. The highest BCUT2D eigenvalue weighted by Crippen LogP contribution is 2.45. The standard InChI is InChI=1S/C52H37NO/c1-3-15-37-20-12-23-42(22-8-4-16-36(37)2)53(43-32-30-39(31-33-43)45-26-13-21-38-17-7-9-24-44(38)45)49-28-11-10-25-46(49)47-27-14-29-50-52(47)48-34-40-18-5-6-19-41(40)35-51(48)54-50/h3-35H,1-2H2/b16-4?,20-12?,22-8?,37-15-,42-23?. The topological polar surface area (TPSA) is 16.4 Å². The Morgan fingerprint density at radius 2 is 1.07 bits per heavy atom. The monoisotopic (exact) mass is 691 g/mol. The molecule has 0 aliphatic carbocycles. The molecule has 1 heterocycles. The van der Waals surface area contributed by atoms with Gasteiger partial charge < -0.3 is 9.32 Å². The minimum Gasteiger partial charge on any atom is -0.456 e. The molecular formula is C52H37NO. The number of hydrogen-bond donors (Lipinski definition) is 0. The van der Waals surface area contributed by atoms with Crippen LogP contribution in [0.15, 0.2) is 205 Å². The number of benzene rings is 7. The molecule has 1 aromatic heterocycles. The van der Waals surface area contributed by atoms with Gasteiger partial charge >= 0.3 is 0 Å². The number of nitrogens with zero attached hydrogens (tertiary/aromatic N) is 1. The zero-order valence-electron chi connectivity index (χ0n) is 29.8. The Hall–Kier alpha value is -7.16. The van der Waals surface area contributed by atoms with Crippen molar-refractivity contribution < 1.29 is 4.42 Å². The summed E-state index contributed by atoms with van der Waals surface area (Å²) in [6.45, 7) is 8.19. The van der Waals surface area contributed by atoms with Crippen molar-refractivity contribution in [2.45, 2.75) is 0 Å². The van der Waals surface area contributed by atoms with Crippen molar-refractivity contribution in [1.29, 1.82) is 0 Å². The molecule has 0 aliphatic heterocycles. The number of rotatable bonds is 6. The molecule has 0 aliphatic rings.